The highest BCUT2D eigenvalue weighted by Crippen LogP contribution is 2.34. The van der Waals surface area contributed by atoms with Crippen molar-refractivity contribution in [3.63, 3.8) is 0 Å². The Labute approximate surface area is 288 Å². The Morgan fingerprint density at radius 1 is 0.833 bits per heavy atom. The minimum absolute atomic E-state index is 0.00703. The lowest BCUT2D eigenvalue weighted by atomic mass is 10.0. The van der Waals surface area contributed by atoms with Crippen LogP contribution in [0.3, 0.4) is 0 Å². The van der Waals surface area contributed by atoms with Gasteiger partial charge in [-0.25, -0.2) is 8.42 Å². The summed E-state index contributed by atoms with van der Waals surface area (Å²) in [5.41, 5.74) is 2.60. The number of hydrogen-bond donors (Lipinski definition) is 1. The molecule has 0 fully saturated rings. The topological polar surface area (TPSA) is 105 Å². The van der Waals surface area contributed by atoms with E-state index < -0.39 is 28.5 Å². The summed E-state index contributed by atoms with van der Waals surface area (Å²) in [6.45, 7) is 5.64. The smallest absolute Gasteiger partial charge is 0.264 e. The van der Waals surface area contributed by atoms with Gasteiger partial charge >= 0.3 is 0 Å². The third-order valence-electron chi connectivity index (χ3n) is 7.74. The highest BCUT2D eigenvalue weighted by atomic mass is 35.5. The molecule has 0 aliphatic rings. The largest absolute Gasteiger partial charge is 0.493 e. The highest BCUT2D eigenvalue weighted by molar-refractivity contribution is 7.92. The van der Waals surface area contributed by atoms with Crippen LogP contribution in [0.2, 0.25) is 5.02 Å². The normalized spacial score (nSPS) is 11.9. The molecule has 4 aromatic rings. The number of hydrogen-bond acceptors (Lipinski definition) is 6. The second-order valence-electron chi connectivity index (χ2n) is 11.9. The third-order valence-corrected chi connectivity index (χ3v) is 9.76. The Hall–Kier alpha value is -4.54. The van der Waals surface area contributed by atoms with Crippen molar-refractivity contribution in [2.75, 3.05) is 31.6 Å². The minimum Gasteiger partial charge on any atom is -0.493 e. The molecule has 254 valence electrons. The van der Waals surface area contributed by atoms with E-state index in [4.69, 9.17) is 21.1 Å². The summed E-state index contributed by atoms with van der Waals surface area (Å²) in [7, 11) is -1.36. The number of nitrogens with zero attached hydrogens (tertiary/aromatic N) is 2. The van der Waals surface area contributed by atoms with Crippen LogP contribution < -0.4 is 19.1 Å². The average Bonchev–Trinajstić information content (AvgIpc) is 3.07. The fourth-order valence-corrected chi connectivity index (χ4v) is 6.77. The van der Waals surface area contributed by atoms with Gasteiger partial charge in [-0.2, -0.15) is 0 Å². The fraction of sp³-hybridized carbons (Fsp3) is 0.297. The molecule has 0 bridgehead atoms. The summed E-state index contributed by atoms with van der Waals surface area (Å²) in [5.74, 6) is -0.0726. The molecule has 9 nitrogen and oxygen atoms in total. The number of anilines is 1. The first kappa shape index (κ1) is 36.3. The van der Waals surface area contributed by atoms with Crippen molar-refractivity contribution in [1.82, 2.24) is 10.2 Å². The maximum atomic E-state index is 14.7. The lowest BCUT2D eigenvalue weighted by molar-refractivity contribution is -0.140. The van der Waals surface area contributed by atoms with Crippen molar-refractivity contribution in [2.45, 2.75) is 44.7 Å². The molecule has 1 unspecified atom stereocenters. The number of rotatable bonds is 15. The first-order chi connectivity index (χ1) is 22.9. The zero-order valence-corrected chi connectivity index (χ0v) is 29.4. The van der Waals surface area contributed by atoms with Crippen molar-refractivity contribution >= 4 is 39.1 Å². The number of sulfonamides is 1. The van der Waals surface area contributed by atoms with Crippen molar-refractivity contribution in [1.29, 1.82) is 0 Å². The molecule has 0 saturated heterocycles. The lowest BCUT2D eigenvalue weighted by Crippen LogP contribution is -2.53. The number of aryl methyl sites for hydroxylation is 1. The molecule has 2 amide bonds. The van der Waals surface area contributed by atoms with Crippen molar-refractivity contribution in [3.8, 4) is 11.5 Å². The Morgan fingerprint density at radius 3 is 2.12 bits per heavy atom. The molecule has 4 aromatic carbocycles. The number of amides is 2. The Bertz CT molecular complexity index is 1800. The molecule has 4 rings (SSSR count). The summed E-state index contributed by atoms with van der Waals surface area (Å²) < 4.78 is 40.5. The van der Waals surface area contributed by atoms with Gasteiger partial charge in [0.2, 0.25) is 11.8 Å². The maximum absolute atomic E-state index is 14.7. The van der Waals surface area contributed by atoms with Crippen LogP contribution in [0.25, 0.3) is 0 Å². The summed E-state index contributed by atoms with van der Waals surface area (Å²) in [4.78, 5) is 30.0. The van der Waals surface area contributed by atoms with E-state index in [9.17, 15) is 18.0 Å². The summed E-state index contributed by atoms with van der Waals surface area (Å²) >= 11 is 6.33. The Balaban J connectivity index is 1.84. The molecular formula is C37H42ClN3O6S. The average molecular weight is 692 g/mol. The predicted octanol–water partition coefficient (Wildman–Crippen LogP) is 6.27. The number of methoxy groups -OCH3 is 2. The van der Waals surface area contributed by atoms with Crippen LogP contribution in [0.15, 0.2) is 102 Å². The van der Waals surface area contributed by atoms with Crippen LogP contribution in [-0.2, 0) is 32.6 Å². The molecule has 1 atom stereocenters. The van der Waals surface area contributed by atoms with Gasteiger partial charge in [-0.1, -0.05) is 85.6 Å². The molecule has 0 aromatic heterocycles. The van der Waals surface area contributed by atoms with E-state index in [1.54, 1.807) is 42.5 Å². The zero-order chi connectivity index (χ0) is 34.8. The molecule has 0 radical (unpaired) electrons. The van der Waals surface area contributed by atoms with Crippen LogP contribution in [0, 0.1) is 12.8 Å². The summed E-state index contributed by atoms with van der Waals surface area (Å²) in [6.07, 6.45) is 0.206. The second kappa shape index (κ2) is 16.5. The van der Waals surface area contributed by atoms with Gasteiger partial charge in [-0.15, -0.1) is 0 Å². The van der Waals surface area contributed by atoms with Gasteiger partial charge < -0.3 is 19.7 Å². The van der Waals surface area contributed by atoms with Gasteiger partial charge in [0.1, 0.15) is 12.6 Å². The first-order valence-electron chi connectivity index (χ1n) is 15.6. The van der Waals surface area contributed by atoms with Gasteiger partial charge in [-0.3, -0.25) is 13.9 Å². The van der Waals surface area contributed by atoms with E-state index in [-0.39, 0.29) is 41.1 Å². The molecule has 0 aliphatic heterocycles. The van der Waals surface area contributed by atoms with Crippen LogP contribution in [0.4, 0.5) is 5.69 Å². The summed E-state index contributed by atoms with van der Waals surface area (Å²) in [6, 6.07) is 26.5. The number of benzene rings is 4. The van der Waals surface area contributed by atoms with Gasteiger partial charge in [0.15, 0.2) is 11.5 Å². The van der Waals surface area contributed by atoms with E-state index in [2.05, 4.69) is 5.32 Å². The fourth-order valence-electron chi connectivity index (χ4n) is 5.15. The van der Waals surface area contributed by atoms with Crippen LogP contribution in [0.5, 0.6) is 11.5 Å². The molecular weight excluding hydrogens is 650 g/mol. The quantitative estimate of drug-likeness (QED) is 0.158. The van der Waals surface area contributed by atoms with Gasteiger partial charge in [0.05, 0.1) is 24.8 Å². The van der Waals surface area contributed by atoms with Crippen molar-refractivity contribution in [2.24, 2.45) is 5.92 Å². The number of ether oxygens (including phenoxy) is 2. The number of nitrogens with one attached hydrogen (secondary N) is 1. The standard InChI is InChI=1S/C37H42ClN3O6S/c1-26(2)23-39-37(43)33(21-28-10-7-6-8-11-28)40(24-29-12-9-13-30(38)20-29)36(42)25-41(31-16-19-34(46-4)35(22-31)47-5)48(44,45)32-17-14-27(3)15-18-32/h6-20,22,26,33H,21,23-25H2,1-5H3,(H,39,43). The molecule has 0 heterocycles. The van der Waals surface area contributed by atoms with E-state index >= 15 is 0 Å². The summed E-state index contributed by atoms with van der Waals surface area (Å²) in [5, 5.41) is 3.46. The number of carbonyl (C=O) groups is 2. The monoisotopic (exact) mass is 691 g/mol. The SMILES string of the molecule is COc1ccc(N(CC(=O)N(Cc2cccc(Cl)c2)C(Cc2ccccc2)C(=O)NCC(C)C)S(=O)(=O)c2ccc(C)cc2)cc1OC. The van der Waals surface area contributed by atoms with E-state index in [1.807, 2.05) is 57.2 Å². The molecule has 1 N–H and O–H groups in total. The van der Waals surface area contributed by atoms with Gasteiger partial charge in [0.25, 0.3) is 10.0 Å². The molecule has 48 heavy (non-hydrogen) atoms. The molecule has 0 spiro atoms. The lowest BCUT2D eigenvalue weighted by Gasteiger charge is -2.34. The van der Waals surface area contributed by atoms with Crippen LogP contribution in [-0.4, -0.2) is 58.5 Å². The Kier molecular flexibility index (Phi) is 12.5. The van der Waals surface area contributed by atoms with Crippen molar-refractivity contribution in [3.05, 3.63) is 119 Å². The molecule has 0 aliphatic carbocycles. The maximum Gasteiger partial charge on any atom is 0.264 e. The molecule has 11 heteroatoms. The number of carbonyl (C=O) groups excluding carboxylic acids is 2. The first-order valence-corrected chi connectivity index (χ1v) is 17.4. The third kappa shape index (κ3) is 9.29. The van der Waals surface area contributed by atoms with Crippen LogP contribution >= 0.6 is 11.6 Å². The minimum atomic E-state index is -4.28. The number of halogens is 1. The van der Waals surface area contributed by atoms with Gasteiger partial charge in [0, 0.05) is 30.6 Å². The van der Waals surface area contributed by atoms with E-state index in [0.717, 1.165) is 15.4 Å². The van der Waals surface area contributed by atoms with E-state index in [0.29, 0.717) is 22.9 Å². The van der Waals surface area contributed by atoms with Gasteiger partial charge in [-0.05, 0) is 60.4 Å². The Morgan fingerprint density at radius 2 is 1.50 bits per heavy atom. The van der Waals surface area contributed by atoms with Crippen LogP contribution in [0.1, 0.15) is 30.5 Å². The van der Waals surface area contributed by atoms with Crippen molar-refractivity contribution < 1.29 is 27.5 Å². The predicted molar refractivity (Wildman–Crippen MR) is 189 cm³/mol. The molecule has 0 saturated carbocycles. The zero-order valence-electron chi connectivity index (χ0n) is 27.9. The van der Waals surface area contributed by atoms with E-state index in [1.165, 1.54) is 37.3 Å². The highest BCUT2D eigenvalue weighted by Gasteiger charge is 2.35. The second-order valence-corrected chi connectivity index (χ2v) is 14.2.